The summed E-state index contributed by atoms with van der Waals surface area (Å²) in [5, 5.41) is 3.20. The van der Waals surface area contributed by atoms with Crippen molar-refractivity contribution in [2.45, 2.75) is 25.3 Å². The van der Waals surface area contributed by atoms with E-state index in [0.29, 0.717) is 12.2 Å². The van der Waals surface area contributed by atoms with Crippen molar-refractivity contribution in [2.24, 2.45) is 0 Å². The average molecular weight is 196 g/mol. The Labute approximate surface area is 87.3 Å². The average Bonchev–Trinajstić information content (AvgIpc) is 2.58. The molecular weight excluding hydrogens is 176 g/mol. The molecule has 0 aliphatic carbocycles. The van der Waals surface area contributed by atoms with Gasteiger partial charge in [0.25, 0.3) is 0 Å². The van der Waals surface area contributed by atoms with Crippen molar-refractivity contribution in [1.29, 1.82) is 0 Å². The number of hydrogen-bond donors (Lipinski definition) is 1. The van der Waals surface area contributed by atoms with Crippen molar-refractivity contribution in [3.63, 3.8) is 0 Å². The lowest BCUT2D eigenvalue weighted by Gasteiger charge is -2.17. The maximum absolute atomic E-state index is 11.3. The molecule has 1 rings (SSSR count). The Kier molecular flexibility index (Phi) is 4.64. The van der Waals surface area contributed by atoms with Crippen LogP contribution in [0, 0.1) is 12.3 Å². The second kappa shape index (κ2) is 5.79. The van der Waals surface area contributed by atoms with E-state index in [1.165, 1.54) is 0 Å². The summed E-state index contributed by atoms with van der Waals surface area (Å²) in [6.07, 6.45) is 7.55. The minimum Gasteiger partial charge on any atom is -0.307 e. The molecule has 1 unspecified atom stereocenters. The van der Waals surface area contributed by atoms with Crippen LogP contribution >= 0.6 is 0 Å². The van der Waals surface area contributed by atoms with Gasteiger partial charge in [0, 0.05) is 27.4 Å². The fourth-order valence-electron chi connectivity index (χ4n) is 1.64. The number of nitrogens with zero attached hydrogens (tertiary/aromatic N) is 1. The molecule has 0 bridgehead atoms. The molecule has 0 spiro atoms. The fraction of sp³-hybridized carbons (Fsp3) is 0.727. The fourth-order valence-corrected chi connectivity index (χ4v) is 1.64. The summed E-state index contributed by atoms with van der Waals surface area (Å²) in [5.74, 6) is 2.97. The van der Waals surface area contributed by atoms with Crippen LogP contribution in [0.2, 0.25) is 0 Å². The second-order valence-electron chi connectivity index (χ2n) is 3.77. The smallest absolute Gasteiger partial charge is 0.151 e. The lowest BCUT2D eigenvalue weighted by Crippen LogP contribution is -2.32. The van der Waals surface area contributed by atoms with Crippen LogP contribution in [0.3, 0.4) is 0 Å². The maximum atomic E-state index is 11.3. The molecule has 0 saturated carbocycles. The van der Waals surface area contributed by atoms with Crippen LogP contribution in [0.4, 0.5) is 0 Å². The molecule has 14 heavy (non-hydrogen) atoms. The number of ketones is 1. The Morgan fingerprint density at radius 2 is 2.50 bits per heavy atom. The Morgan fingerprint density at radius 3 is 3.07 bits per heavy atom. The summed E-state index contributed by atoms with van der Waals surface area (Å²) in [7, 11) is 2.04. The van der Waals surface area contributed by atoms with Crippen molar-refractivity contribution in [1.82, 2.24) is 10.2 Å². The highest BCUT2D eigenvalue weighted by Gasteiger charge is 2.23. The molecule has 1 atom stereocenters. The molecule has 1 N–H and O–H groups in total. The zero-order chi connectivity index (χ0) is 10.4. The third-order valence-corrected chi connectivity index (χ3v) is 2.59. The zero-order valence-electron chi connectivity index (χ0n) is 8.75. The van der Waals surface area contributed by atoms with Gasteiger partial charge in [-0.3, -0.25) is 4.79 Å². The monoisotopic (exact) mass is 196 g/mol. The van der Waals surface area contributed by atoms with Crippen LogP contribution in [-0.2, 0) is 4.79 Å². The summed E-state index contributed by atoms with van der Waals surface area (Å²) in [5.41, 5.74) is 0. The number of Topliss-reactive ketones (excluding diaryl/α,β-unsaturated/α-hetero) is 1. The first-order valence-electron chi connectivity index (χ1n) is 5.12. The second-order valence-corrected chi connectivity index (χ2v) is 3.77. The van der Waals surface area contributed by atoms with Gasteiger partial charge in [-0.05, 0) is 20.0 Å². The van der Waals surface area contributed by atoms with Crippen LogP contribution in [0.5, 0.6) is 0 Å². The van der Waals surface area contributed by atoms with Gasteiger partial charge in [0.15, 0.2) is 5.78 Å². The van der Waals surface area contributed by atoms with E-state index in [2.05, 4.69) is 16.1 Å². The minimum atomic E-state index is 0. The quantitative estimate of drug-likeness (QED) is 0.650. The highest BCUT2D eigenvalue weighted by Crippen LogP contribution is 2.05. The number of hydrogen-bond acceptors (Lipinski definition) is 3. The van der Waals surface area contributed by atoms with Gasteiger partial charge in [-0.1, -0.05) is 0 Å². The van der Waals surface area contributed by atoms with Crippen LogP contribution < -0.4 is 5.32 Å². The Balaban J connectivity index is 0.00000196. The molecule has 1 aliphatic rings. The molecule has 1 heterocycles. The largest absolute Gasteiger partial charge is 0.307 e. The molecule has 1 aliphatic heterocycles. The van der Waals surface area contributed by atoms with Crippen LogP contribution in [0.1, 0.15) is 20.7 Å². The van der Waals surface area contributed by atoms with Gasteiger partial charge >= 0.3 is 0 Å². The van der Waals surface area contributed by atoms with Gasteiger partial charge in [-0.25, -0.2) is 0 Å². The predicted molar refractivity (Wildman–Crippen MR) is 59.1 cm³/mol. The molecule has 0 aromatic rings. The topological polar surface area (TPSA) is 32.3 Å². The zero-order valence-corrected chi connectivity index (χ0v) is 8.75. The molecular formula is C11H20N2O. The van der Waals surface area contributed by atoms with E-state index < -0.39 is 0 Å². The molecule has 3 nitrogen and oxygen atoms in total. The van der Waals surface area contributed by atoms with E-state index >= 15 is 0 Å². The first-order chi connectivity index (χ1) is 6.74. The molecule has 0 aromatic heterocycles. The summed E-state index contributed by atoms with van der Waals surface area (Å²) in [4.78, 5) is 13.5. The van der Waals surface area contributed by atoms with Crippen molar-refractivity contribution < 1.29 is 6.22 Å². The van der Waals surface area contributed by atoms with Gasteiger partial charge in [0.2, 0.25) is 0 Å². The van der Waals surface area contributed by atoms with Crippen LogP contribution in [-0.4, -0.2) is 43.4 Å². The third-order valence-electron chi connectivity index (χ3n) is 2.59. The SMILES string of the molecule is C#CCCN(C)CCC1NCCC1=O.[HH]. The van der Waals surface area contributed by atoms with E-state index in [1.807, 2.05) is 7.05 Å². The molecule has 1 saturated heterocycles. The summed E-state index contributed by atoms with van der Waals surface area (Å²) < 4.78 is 0. The molecule has 80 valence electrons. The van der Waals surface area contributed by atoms with Gasteiger partial charge in [0.05, 0.1) is 6.04 Å². The first kappa shape index (κ1) is 11.2. The Hall–Kier alpha value is -0.850. The molecule has 0 aromatic carbocycles. The van der Waals surface area contributed by atoms with Crippen LogP contribution in [0.15, 0.2) is 0 Å². The first-order valence-corrected chi connectivity index (χ1v) is 5.12. The lowest BCUT2D eigenvalue weighted by atomic mass is 10.1. The molecule has 3 heteroatoms. The lowest BCUT2D eigenvalue weighted by molar-refractivity contribution is -0.118. The van der Waals surface area contributed by atoms with Crippen molar-refractivity contribution in [3.8, 4) is 12.3 Å². The number of carbonyl (C=O) groups excluding carboxylic acids is 1. The molecule has 1 fully saturated rings. The van der Waals surface area contributed by atoms with E-state index in [4.69, 9.17) is 6.42 Å². The number of nitrogens with one attached hydrogen (secondary N) is 1. The van der Waals surface area contributed by atoms with Crippen LogP contribution in [0.25, 0.3) is 0 Å². The summed E-state index contributed by atoms with van der Waals surface area (Å²) in [6.45, 7) is 2.69. The van der Waals surface area contributed by atoms with Gasteiger partial charge in [-0.15, -0.1) is 12.3 Å². The maximum Gasteiger partial charge on any atom is 0.151 e. The van der Waals surface area contributed by atoms with E-state index in [1.54, 1.807) is 0 Å². The normalized spacial score (nSPS) is 21.5. The highest BCUT2D eigenvalue weighted by atomic mass is 16.1. The van der Waals surface area contributed by atoms with Gasteiger partial charge in [-0.2, -0.15) is 0 Å². The van der Waals surface area contributed by atoms with Gasteiger partial charge in [0.1, 0.15) is 0 Å². The number of terminal acetylenes is 1. The standard InChI is InChI=1S/C11H18N2O.H2/c1-3-4-8-13(2)9-6-10-11(14)5-7-12-10;/h1,10,12H,4-9H2,2H3;1H. The van der Waals surface area contributed by atoms with E-state index in [-0.39, 0.29) is 7.47 Å². The van der Waals surface area contributed by atoms with Crippen molar-refractivity contribution in [2.75, 3.05) is 26.7 Å². The third kappa shape index (κ3) is 3.49. The van der Waals surface area contributed by atoms with Crippen molar-refractivity contribution in [3.05, 3.63) is 0 Å². The Morgan fingerprint density at radius 1 is 1.71 bits per heavy atom. The summed E-state index contributed by atoms with van der Waals surface area (Å²) in [6, 6.07) is 0.0864. The van der Waals surface area contributed by atoms with E-state index in [0.717, 1.165) is 32.5 Å². The van der Waals surface area contributed by atoms with Gasteiger partial charge < -0.3 is 10.2 Å². The number of rotatable bonds is 5. The summed E-state index contributed by atoms with van der Waals surface area (Å²) >= 11 is 0. The molecule has 0 amide bonds. The molecule has 0 radical (unpaired) electrons. The highest BCUT2D eigenvalue weighted by molar-refractivity contribution is 5.86. The Bertz CT molecular complexity index is 237. The minimum absolute atomic E-state index is 0. The number of carbonyl (C=O) groups is 1. The van der Waals surface area contributed by atoms with E-state index in [9.17, 15) is 4.79 Å². The predicted octanol–water partition coefficient (Wildman–Crippen LogP) is 0.509. The van der Waals surface area contributed by atoms with Crippen molar-refractivity contribution >= 4 is 5.78 Å².